The minimum Gasteiger partial charge on any atom is -0.377 e. The first-order valence-corrected chi connectivity index (χ1v) is 5.86. The summed E-state index contributed by atoms with van der Waals surface area (Å²) >= 11 is 0. The van der Waals surface area contributed by atoms with Gasteiger partial charge in [-0.1, -0.05) is 0 Å². The van der Waals surface area contributed by atoms with Crippen molar-refractivity contribution < 1.29 is 9.53 Å². The molecule has 0 saturated carbocycles. The molecule has 1 atom stereocenters. The SMILES string of the molecule is Cn1nccc1NC(=O)CNCC1CCCO1. The monoisotopic (exact) mass is 238 g/mol. The van der Waals surface area contributed by atoms with E-state index in [0.29, 0.717) is 12.4 Å². The minimum absolute atomic E-state index is 0.0633. The number of aromatic nitrogens is 2. The highest BCUT2D eigenvalue weighted by Crippen LogP contribution is 2.10. The predicted molar refractivity (Wildman–Crippen MR) is 63.7 cm³/mol. The van der Waals surface area contributed by atoms with Crippen molar-refractivity contribution in [2.45, 2.75) is 18.9 Å². The summed E-state index contributed by atoms with van der Waals surface area (Å²) in [5.74, 6) is 0.639. The van der Waals surface area contributed by atoms with Crippen molar-refractivity contribution in [1.29, 1.82) is 0 Å². The molecule has 1 aromatic rings. The fourth-order valence-electron chi connectivity index (χ4n) is 1.84. The molecule has 0 spiro atoms. The summed E-state index contributed by atoms with van der Waals surface area (Å²) in [6.45, 7) is 1.87. The van der Waals surface area contributed by atoms with Gasteiger partial charge in [-0.3, -0.25) is 9.48 Å². The van der Waals surface area contributed by atoms with Gasteiger partial charge in [0.25, 0.3) is 0 Å². The molecule has 1 fully saturated rings. The van der Waals surface area contributed by atoms with Gasteiger partial charge in [-0.15, -0.1) is 0 Å². The first-order valence-electron chi connectivity index (χ1n) is 5.86. The van der Waals surface area contributed by atoms with Gasteiger partial charge in [0.1, 0.15) is 5.82 Å². The average Bonchev–Trinajstić information content (AvgIpc) is 2.92. The Kier molecular flexibility index (Phi) is 4.11. The molecule has 1 amide bonds. The average molecular weight is 238 g/mol. The highest BCUT2D eigenvalue weighted by molar-refractivity contribution is 5.91. The van der Waals surface area contributed by atoms with Crippen LogP contribution in [0.1, 0.15) is 12.8 Å². The molecular weight excluding hydrogens is 220 g/mol. The Labute approximate surface area is 100 Å². The smallest absolute Gasteiger partial charge is 0.239 e. The quantitative estimate of drug-likeness (QED) is 0.765. The van der Waals surface area contributed by atoms with Crippen LogP contribution in [0.2, 0.25) is 0 Å². The van der Waals surface area contributed by atoms with Crippen molar-refractivity contribution in [2.75, 3.05) is 25.0 Å². The number of carbonyl (C=O) groups is 1. The lowest BCUT2D eigenvalue weighted by Crippen LogP contribution is -2.33. The summed E-state index contributed by atoms with van der Waals surface area (Å²) in [6, 6.07) is 1.76. The Morgan fingerprint density at radius 2 is 2.59 bits per heavy atom. The summed E-state index contributed by atoms with van der Waals surface area (Å²) in [5.41, 5.74) is 0. The largest absolute Gasteiger partial charge is 0.377 e. The van der Waals surface area contributed by atoms with Crippen LogP contribution in [-0.2, 0) is 16.6 Å². The number of amides is 1. The molecule has 6 nitrogen and oxygen atoms in total. The first kappa shape index (κ1) is 12.1. The summed E-state index contributed by atoms with van der Waals surface area (Å²) in [4.78, 5) is 11.6. The van der Waals surface area contributed by atoms with Crippen molar-refractivity contribution in [3.05, 3.63) is 12.3 Å². The molecule has 6 heteroatoms. The lowest BCUT2D eigenvalue weighted by molar-refractivity contribution is -0.115. The van der Waals surface area contributed by atoms with Crippen LogP contribution >= 0.6 is 0 Å². The Morgan fingerprint density at radius 1 is 1.71 bits per heavy atom. The maximum Gasteiger partial charge on any atom is 0.239 e. The highest BCUT2D eigenvalue weighted by atomic mass is 16.5. The first-order chi connectivity index (χ1) is 8.25. The van der Waals surface area contributed by atoms with E-state index >= 15 is 0 Å². The van der Waals surface area contributed by atoms with E-state index in [0.717, 1.165) is 26.0 Å². The fourth-order valence-corrected chi connectivity index (χ4v) is 1.84. The number of carbonyl (C=O) groups excluding carboxylic acids is 1. The number of hydrogen-bond donors (Lipinski definition) is 2. The normalized spacial score (nSPS) is 19.5. The van der Waals surface area contributed by atoms with Crippen molar-refractivity contribution in [1.82, 2.24) is 15.1 Å². The van der Waals surface area contributed by atoms with E-state index in [1.54, 1.807) is 24.0 Å². The Balaban J connectivity index is 1.65. The third kappa shape index (κ3) is 3.54. The van der Waals surface area contributed by atoms with E-state index in [2.05, 4.69) is 15.7 Å². The maximum atomic E-state index is 11.6. The Morgan fingerprint density at radius 3 is 3.24 bits per heavy atom. The van der Waals surface area contributed by atoms with Crippen LogP contribution in [0.4, 0.5) is 5.82 Å². The fraction of sp³-hybridized carbons (Fsp3) is 0.636. The highest BCUT2D eigenvalue weighted by Gasteiger charge is 2.15. The molecule has 0 aromatic carbocycles. The van der Waals surface area contributed by atoms with Crippen molar-refractivity contribution in [3.8, 4) is 0 Å². The molecule has 0 aliphatic carbocycles. The number of aryl methyl sites for hydroxylation is 1. The second-order valence-corrected chi connectivity index (χ2v) is 4.15. The zero-order valence-corrected chi connectivity index (χ0v) is 9.98. The maximum absolute atomic E-state index is 11.6. The van der Waals surface area contributed by atoms with Gasteiger partial charge in [0, 0.05) is 26.3 Å². The summed E-state index contributed by atoms with van der Waals surface area (Å²) < 4.78 is 7.07. The molecule has 2 rings (SSSR count). The van der Waals surface area contributed by atoms with E-state index in [1.807, 2.05) is 0 Å². The second-order valence-electron chi connectivity index (χ2n) is 4.15. The third-order valence-corrected chi connectivity index (χ3v) is 2.77. The molecule has 1 aliphatic rings. The Bertz CT molecular complexity index is 371. The minimum atomic E-state index is -0.0633. The molecule has 0 radical (unpaired) electrons. The number of nitrogens with zero attached hydrogens (tertiary/aromatic N) is 2. The van der Waals surface area contributed by atoms with E-state index in [-0.39, 0.29) is 12.0 Å². The molecule has 0 bridgehead atoms. The number of rotatable bonds is 5. The summed E-state index contributed by atoms with van der Waals surface area (Å²) in [7, 11) is 1.79. The molecule has 1 saturated heterocycles. The van der Waals surface area contributed by atoms with Gasteiger partial charge in [-0.2, -0.15) is 5.10 Å². The van der Waals surface area contributed by atoms with Gasteiger partial charge in [0.05, 0.1) is 18.8 Å². The van der Waals surface area contributed by atoms with Gasteiger partial charge in [-0.25, -0.2) is 0 Å². The van der Waals surface area contributed by atoms with Crippen LogP contribution in [0.25, 0.3) is 0 Å². The van der Waals surface area contributed by atoms with Crippen LogP contribution in [0, 0.1) is 0 Å². The topological polar surface area (TPSA) is 68.2 Å². The molecule has 17 heavy (non-hydrogen) atoms. The molecular formula is C11H18N4O2. The van der Waals surface area contributed by atoms with Crippen molar-refractivity contribution in [2.24, 2.45) is 7.05 Å². The van der Waals surface area contributed by atoms with Crippen LogP contribution in [-0.4, -0.2) is 41.5 Å². The van der Waals surface area contributed by atoms with Crippen LogP contribution in [0.15, 0.2) is 12.3 Å². The van der Waals surface area contributed by atoms with Gasteiger partial charge >= 0.3 is 0 Å². The van der Waals surface area contributed by atoms with Crippen LogP contribution in [0.3, 0.4) is 0 Å². The second kappa shape index (κ2) is 5.79. The van der Waals surface area contributed by atoms with Crippen LogP contribution < -0.4 is 10.6 Å². The van der Waals surface area contributed by atoms with E-state index in [1.165, 1.54) is 0 Å². The molecule has 1 aromatic heterocycles. The van der Waals surface area contributed by atoms with Crippen LogP contribution in [0.5, 0.6) is 0 Å². The molecule has 94 valence electrons. The standard InChI is InChI=1S/C11H18N4O2/c1-15-10(4-5-13-15)14-11(16)8-12-7-9-3-2-6-17-9/h4-5,9,12H,2-3,6-8H2,1H3,(H,14,16). The summed E-state index contributed by atoms with van der Waals surface area (Å²) in [6.07, 6.45) is 4.11. The van der Waals surface area contributed by atoms with Gasteiger partial charge in [0.15, 0.2) is 0 Å². The Hall–Kier alpha value is -1.40. The third-order valence-electron chi connectivity index (χ3n) is 2.77. The number of nitrogens with one attached hydrogen (secondary N) is 2. The predicted octanol–water partition coefficient (Wildman–Crippen LogP) is 0.127. The number of ether oxygens (including phenoxy) is 1. The van der Waals surface area contributed by atoms with Crippen molar-refractivity contribution >= 4 is 11.7 Å². The molecule has 1 unspecified atom stereocenters. The van der Waals surface area contributed by atoms with Gasteiger partial charge in [0.2, 0.25) is 5.91 Å². The lowest BCUT2D eigenvalue weighted by Gasteiger charge is -2.10. The number of anilines is 1. The molecule has 2 heterocycles. The lowest BCUT2D eigenvalue weighted by atomic mass is 10.2. The molecule has 2 N–H and O–H groups in total. The van der Waals surface area contributed by atoms with Crippen molar-refractivity contribution in [3.63, 3.8) is 0 Å². The van der Waals surface area contributed by atoms with E-state index in [4.69, 9.17) is 4.74 Å². The van der Waals surface area contributed by atoms with E-state index < -0.39 is 0 Å². The molecule has 1 aliphatic heterocycles. The van der Waals surface area contributed by atoms with E-state index in [9.17, 15) is 4.79 Å². The zero-order valence-electron chi connectivity index (χ0n) is 9.98. The summed E-state index contributed by atoms with van der Waals surface area (Å²) in [5, 5.41) is 9.84. The zero-order chi connectivity index (χ0) is 12.1. The van der Waals surface area contributed by atoms with Gasteiger partial charge < -0.3 is 15.4 Å². The number of hydrogen-bond acceptors (Lipinski definition) is 4. The van der Waals surface area contributed by atoms with Gasteiger partial charge in [-0.05, 0) is 12.8 Å².